The Morgan fingerprint density at radius 1 is 1.07 bits per heavy atom. The van der Waals surface area contributed by atoms with Gasteiger partial charge in [0.25, 0.3) is 0 Å². The van der Waals surface area contributed by atoms with Crippen LogP contribution in [0.25, 0.3) is 10.9 Å². The molecule has 5 rings (SSSR count). The van der Waals surface area contributed by atoms with E-state index in [0.29, 0.717) is 29.5 Å². The largest absolute Gasteiger partial charge is 0.507 e. The number of hydrogen-bond donors (Lipinski definition) is 2. The van der Waals surface area contributed by atoms with Gasteiger partial charge in [0, 0.05) is 41.8 Å². The van der Waals surface area contributed by atoms with Gasteiger partial charge in [-0.1, -0.05) is 12.1 Å². The summed E-state index contributed by atoms with van der Waals surface area (Å²) < 4.78 is 5.89. The van der Waals surface area contributed by atoms with Gasteiger partial charge in [-0.25, -0.2) is 4.98 Å². The van der Waals surface area contributed by atoms with Gasteiger partial charge < -0.3 is 14.9 Å². The molecular formula is C22H23N3O3. The number of aliphatic hydroxyl groups is 1. The summed E-state index contributed by atoms with van der Waals surface area (Å²) in [5, 5.41) is 22.7. The summed E-state index contributed by atoms with van der Waals surface area (Å²) in [5.74, 6) is 1.06. The van der Waals surface area contributed by atoms with Gasteiger partial charge in [0.1, 0.15) is 12.0 Å². The first-order valence-corrected chi connectivity index (χ1v) is 9.78. The highest BCUT2D eigenvalue weighted by Gasteiger charge is 2.49. The van der Waals surface area contributed by atoms with E-state index in [0.717, 1.165) is 24.6 Å². The van der Waals surface area contributed by atoms with Crippen LogP contribution in [-0.4, -0.2) is 43.8 Å². The molecule has 1 aromatic carbocycles. The summed E-state index contributed by atoms with van der Waals surface area (Å²) in [6.07, 6.45) is 5.60. The molecule has 2 N–H and O–H groups in total. The number of ether oxygens (including phenoxy) is 1. The van der Waals surface area contributed by atoms with E-state index in [1.165, 1.54) is 0 Å². The smallest absolute Gasteiger partial charge is 0.213 e. The van der Waals surface area contributed by atoms with Gasteiger partial charge in [0.15, 0.2) is 0 Å². The third-order valence-corrected chi connectivity index (χ3v) is 6.13. The molecule has 2 bridgehead atoms. The van der Waals surface area contributed by atoms with Crippen molar-refractivity contribution in [2.24, 2.45) is 5.92 Å². The summed E-state index contributed by atoms with van der Waals surface area (Å²) in [4.78, 5) is 10.8. The number of aliphatic hydroxyl groups excluding tert-OH is 1. The monoisotopic (exact) mass is 377 g/mol. The van der Waals surface area contributed by atoms with E-state index in [4.69, 9.17) is 4.74 Å². The van der Waals surface area contributed by atoms with Gasteiger partial charge in [0.2, 0.25) is 5.88 Å². The first-order chi connectivity index (χ1) is 13.7. The highest BCUT2D eigenvalue weighted by molar-refractivity contribution is 5.84. The molecule has 0 radical (unpaired) electrons. The maximum atomic E-state index is 11.3. The minimum atomic E-state index is -0.879. The second-order valence-electron chi connectivity index (χ2n) is 7.67. The Bertz CT molecular complexity index is 981. The topological polar surface area (TPSA) is 78.7 Å². The van der Waals surface area contributed by atoms with Gasteiger partial charge in [-0.2, -0.15) is 0 Å². The van der Waals surface area contributed by atoms with Crippen LogP contribution in [0, 0.1) is 5.92 Å². The Balaban J connectivity index is 1.39. The molecular weight excluding hydrogens is 354 g/mol. The Kier molecular flexibility index (Phi) is 4.37. The number of nitrogens with zero attached hydrogens (tertiary/aromatic N) is 3. The summed E-state index contributed by atoms with van der Waals surface area (Å²) in [5.41, 5.74) is 1.16. The zero-order valence-corrected chi connectivity index (χ0v) is 15.5. The Morgan fingerprint density at radius 3 is 2.82 bits per heavy atom. The Labute approximate surface area is 163 Å². The van der Waals surface area contributed by atoms with Crippen molar-refractivity contribution >= 4 is 10.9 Å². The SMILES string of the molecule is Oc1ccc2cccnc2c1C(O)N1C2CCC1C(COc1ccccn1)C2. The lowest BCUT2D eigenvalue weighted by molar-refractivity contribution is -0.0166. The van der Waals surface area contributed by atoms with E-state index >= 15 is 0 Å². The van der Waals surface area contributed by atoms with Crippen molar-refractivity contribution in [1.82, 2.24) is 14.9 Å². The molecule has 0 saturated carbocycles. The van der Waals surface area contributed by atoms with Crippen molar-refractivity contribution in [2.45, 2.75) is 37.6 Å². The lowest BCUT2D eigenvalue weighted by atomic mass is 9.90. The van der Waals surface area contributed by atoms with Crippen molar-refractivity contribution < 1.29 is 14.9 Å². The molecule has 3 aromatic rings. The van der Waals surface area contributed by atoms with Gasteiger partial charge in [-0.3, -0.25) is 9.88 Å². The lowest BCUT2D eigenvalue weighted by Gasteiger charge is -2.30. The second kappa shape index (κ2) is 7.04. The Morgan fingerprint density at radius 2 is 1.96 bits per heavy atom. The van der Waals surface area contributed by atoms with Crippen LogP contribution >= 0.6 is 0 Å². The van der Waals surface area contributed by atoms with E-state index in [-0.39, 0.29) is 17.8 Å². The molecule has 4 unspecified atom stereocenters. The predicted octanol–water partition coefficient (Wildman–Crippen LogP) is 3.26. The predicted molar refractivity (Wildman–Crippen MR) is 105 cm³/mol. The maximum Gasteiger partial charge on any atom is 0.213 e. The van der Waals surface area contributed by atoms with Crippen LogP contribution in [0.2, 0.25) is 0 Å². The first kappa shape index (κ1) is 17.4. The van der Waals surface area contributed by atoms with Crippen molar-refractivity contribution in [1.29, 1.82) is 0 Å². The number of pyridine rings is 2. The number of aromatic hydroxyl groups is 1. The Hall–Kier alpha value is -2.70. The molecule has 0 amide bonds. The average Bonchev–Trinajstić information content (AvgIpc) is 3.30. The van der Waals surface area contributed by atoms with E-state index in [1.807, 2.05) is 36.4 Å². The summed E-state index contributed by atoms with van der Waals surface area (Å²) in [6.45, 7) is 0.584. The standard InChI is InChI=1S/C22H23N3O3/c26-18-9-6-14-4-3-11-24-21(14)20(18)22(27)25-16-7-8-17(25)15(12-16)13-28-19-5-1-2-10-23-19/h1-6,9-11,15-17,22,26-27H,7-8,12-13H2. The third kappa shape index (κ3) is 2.89. The van der Waals surface area contributed by atoms with Crippen molar-refractivity contribution in [3.8, 4) is 11.6 Å². The molecule has 6 nitrogen and oxygen atoms in total. The molecule has 2 aliphatic rings. The highest BCUT2D eigenvalue weighted by atomic mass is 16.5. The molecule has 6 heteroatoms. The summed E-state index contributed by atoms with van der Waals surface area (Å²) in [7, 11) is 0. The van der Waals surface area contributed by atoms with E-state index in [2.05, 4.69) is 14.9 Å². The van der Waals surface area contributed by atoms with Crippen LogP contribution < -0.4 is 4.74 Å². The molecule has 0 spiro atoms. The molecule has 28 heavy (non-hydrogen) atoms. The molecule has 2 saturated heterocycles. The summed E-state index contributed by atoms with van der Waals surface area (Å²) in [6, 6.07) is 13.4. The average molecular weight is 377 g/mol. The molecule has 4 heterocycles. The zero-order chi connectivity index (χ0) is 19.1. The second-order valence-corrected chi connectivity index (χ2v) is 7.67. The van der Waals surface area contributed by atoms with Crippen LogP contribution in [0.4, 0.5) is 0 Å². The molecule has 144 valence electrons. The fourth-order valence-electron chi connectivity index (χ4n) is 4.90. The zero-order valence-electron chi connectivity index (χ0n) is 15.5. The highest BCUT2D eigenvalue weighted by Crippen LogP contribution is 2.47. The van der Waals surface area contributed by atoms with Crippen molar-refractivity contribution in [3.05, 3.63) is 60.4 Å². The molecule has 4 atom stereocenters. The normalized spacial score (nSPS) is 25.2. The van der Waals surface area contributed by atoms with Crippen LogP contribution in [0.15, 0.2) is 54.9 Å². The fraction of sp³-hybridized carbons (Fsp3) is 0.364. The van der Waals surface area contributed by atoms with Crippen molar-refractivity contribution in [2.75, 3.05) is 6.61 Å². The maximum absolute atomic E-state index is 11.3. The van der Waals surface area contributed by atoms with Crippen LogP contribution in [-0.2, 0) is 0 Å². The van der Waals surface area contributed by atoms with Gasteiger partial charge in [0.05, 0.1) is 17.7 Å². The number of hydrogen-bond acceptors (Lipinski definition) is 6. The van der Waals surface area contributed by atoms with Gasteiger partial charge in [-0.15, -0.1) is 0 Å². The number of fused-ring (bicyclic) bond motifs is 3. The number of phenolic OH excluding ortho intramolecular Hbond substituents is 1. The van der Waals surface area contributed by atoms with E-state index in [9.17, 15) is 10.2 Å². The number of benzene rings is 1. The van der Waals surface area contributed by atoms with Gasteiger partial charge in [-0.05, 0) is 43.5 Å². The van der Waals surface area contributed by atoms with E-state index in [1.54, 1.807) is 18.5 Å². The number of phenols is 1. The number of rotatable bonds is 5. The van der Waals surface area contributed by atoms with Gasteiger partial charge >= 0.3 is 0 Å². The molecule has 0 aliphatic carbocycles. The number of aromatic nitrogens is 2. The van der Waals surface area contributed by atoms with Crippen LogP contribution in [0.5, 0.6) is 11.6 Å². The van der Waals surface area contributed by atoms with Crippen LogP contribution in [0.3, 0.4) is 0 Å². The molecule has 2 aliphatic heterocycles. The van der Waals surface area contributed by atoms with E-state index < -0.39 is 6.23 Å². The molecule has 2 fully saturated rings. The minimum absolute atomic E-state index is 0.0892. The quantitative estimate of drug-likeness (QED) is 0.711. The molecule has 2 aromatic heterocycles. The minimum Gasteiger partial charge on any atom is -0.507 e. The van der Waals surface area contributed by atoms with Crippen LogP contribution in [0.1, 0.15) is 31.1 Å². The van der Waals surface area contributed by atoms with Crippen molar-refractivity contribution in [3.63, 3.8) is 0 Å². The first-order valence-electron chi connectivity index (χ1n) is 9.78. The lowest BCUT2D eigenvalue weighted by Crippen LogP contribution is -2.35. The third-order valence-electron chi connectivity index (χ3n) is 6.13. The summed E-state index contributed by atoms with van der Waals surface area (Å²) >= 11 is 0. The fourth-order valence-corrected chi connectivity index (χ4v) is 4.90.